The van der Waals surface area contributed by atoms with E-state index < -0.39 is 0 Å². The number of hydrogen-bond acceptors (Lipinski definition) is 1. The molecule has 1 aliphatic rings. The summed E-state index contributed by atoms with van der Waals surface area (Å²) in [4.78, 5) is 0. The first-order valence-electron chi connectivity index (χ1n) is 5.86. The van der Waals surface area contributed by atoms with Crippen molar-refractivity contribution in [3.05, 3.63) is 71.8 Å². The average Bonchev–Trinajstić information content (AvgIpc) is 2.60. The van der Waals surface area contributed by atoms with Crippen LogP contribution in [0.15, 0.2) is 66.3 Å². The summed E-state index contributed by atoms with van der Waals surface area (Å²) in [5.41, 5.74) is 2.58. The molecule has 0 unspecified atom stereocenters. The lowest BCUT2D eigenvalue weighted by Gasteiger charge is -1.96. The first-order valence-corrected chi connectivity index (χ1v) is 5.86. The van der Waals surface area contributed by atoms with Crippen LogP contribution in [0.3, 0.4) is 0 Å². The van der Waals surface area contributed by atoms with Gasteiger partial charge in [0, 0.05) is 7.11 Å². The van der Waals surface area contributed by atoms with Gasteiger partial charge in [-0.15, -0.1) is 0 Å². The lowest BCUT2D eigenvalue weighted by molar-refractivity contribution is 0.228. The summed E-state index contributed by atoms with van der Waals surface area (Å²) in [7, 11) is 1.72. The molecule has 0 aliphatic heterocycles. The van der Waals surface area contributed by atoms with Crippen LogP contribution in [0.1, 0.15) is 12.0 Å². The van der Waals surface area contributed by atoms with E-state index in [1.54, 1.807) is 7.11 Å². The van der Waals surface area contributed by atoms with Gasteiger partial charge in [-0.25, -0.2) is 0 Å². The SMILES string of the molecule is COCC1=CCC=CC=C1.Cc1ccccc1. The highest BCUT2D eigenvalue weighted by molar-refractivity contribution is 5.26. The number of allylic oxidation sites excluding steroid dienone is 4. The maximum absolute atomic E-state index is 4.99. The van der Waals surface area contributed by atoms with Gasteiger partial charge in [-0.3, -0.25) is 0 Å². The van der Waals surface area contributed by atoms with Crippen molar-refractivity contribution < 1.29 is 4.74 Å². The molecule has 2 rings (SSSR count). The second kappa shape index (κ2) is 8.54. The van der Waals surface area contributed by atoms with Gasteiger partial charge in [-0.05, 0) is 18.9 Å². The molecule has 0 aromatic heterocycles. The number of rotatable bonds is 2. The predicted octanol–water partition coefficient (Wildman–Crippen LogP) is 4.07. The fraction of sp³-hybridized carbons (Fsp3) is 0.250. The Morgan fingerprint density at radius 2 is 1.88 bits per heavy atom. The van der Waals surface area contributed by atoms with Crippen molar-refractivity contribution in [3.63, 3.8) is 0 Å². The first kappa shape index (κ1) is 13.5. The number of aryl methyl sites for hydroxylation is 1. The topological polar surface area (TPSA) is 9.23 Å². The fourth-order valence-electron chi connectivity index (χ4n) is 1.43. The molecule has 0 N–H and O–H groups in total. The highest BCUT2D eigenvalue weighted by Crippen LogP contribution is 2.04. The smallest absolute Gasteiger partial charge is 0.0710 e. The molecule has 0 bridgehead atoms. The molecule has 0 saturated carbocycles. The third-order valence-electron chi connectivity index (χ3n) is 2.33. The van der Waals surface area contributed by atoms with E-state index in [4.69, 9.17) is 4.74 Å². The number of hydrogen-bond donors (Lipinski definition) is 0. The number of ether oxygens (including phenoxy) is 1. The zero-order chi connectivity index (χ0) is 12.3. The number of methoxy groups -OCH3 is 1. The fourth-order valence-corrected chi connectivity index (χ4v) is 1.43. The van der Waals surface area contributed by atoms with Gasteiger partial charge in [-0.2, -0.15) is 0 Å². The molecule has 0 amide bonds. The molecule has 1 aromatic rings. The lowest BCUT2D eigenvalue weighted by Crippen LogP contribution is -1.89. The van der Waals surface area contributed by atoms with E-state index in [-0.39, 0.29) is 0 Å². The van der Waals surface area contributed by atoms with Gasteiger partial charge in [0.15, 0.2) is 0 Å². The predicted molar refractivity (Wildman–Crippen MR) is 74.0 cm³/mol. The van der Waals surface area contributed by atoms with Crippen LogP contribution in [0.5, 0.6) is 0 Å². The van der Waals surface area contributed by atoms with Crippen LogP contribution in [-0.4, -0.2) is 13.7 Å². The molecule has 1 aromatic carbocycles. The zero-order valence-corrected chi connectivity index (χ0v) is 10.6. The van der Waals surface area contributed by atoms with Crippen molar-refractivity contribution >= 4 is 0 Å². The van der Waals surface area contributed by atoms with E-state index in [0.717, 1.165) is 13.0 Å². The van der Waals surface area contributed by atoms with Gasteiger partial charge >= 0.3 is 0 Å². The molecular formula is C16H20O. The Balaban J connectivity index is 0.000000181. The van der Waals surface area contributed by atoms with Gasteiger partial charge in [0.25, 0.3) is 0 Å². The Hall–Kier alpha value is -1.60. The third kappa shape index (κ3) is 6.54. The Kier molecular flexibility index (Phi) is 6.76. The van der Waals surface area contributed by atoms with Gasteiger partial charge in [-0.1, -0.05) is 66.3 Å². The average molecular weight is 228 g/mol. The molecule has 0 spiro atoms. The van der Waals surface area contributed by atoms with E-state index in [0.29, 0.717) is 0 Å². The summed E-state index contributed by atoms with van der Waals surface area (Å²) in [6, 6.07) is 10.3. The van der Waals surface area contributed by atoms with E-state index in [2.05, 4.69) is 43.4 Å². The van der Waals surface area contributed by atoms with E-state index in [1.165, 1.54) is 11.1 Å². The van der Waals surface area contributed by atoms with Crippen molar-refractivity contribution in [3.8, 4) is 0 Å². The van der Waals surface area contributed by atoms with Crippen LogP contribution in [0.25, 0.3) is 0 Å². The summed E-state index contributed by atoms with van der Waals surface area (Å²) in [5, 5.41) is 0. The molecule has 17 heavy (non-hydrogen) atoms. The first-order chi connectivity index (χ1) is 8.33. The summed E-state index contributed by atoms with van der Waals surface area (Å²) in [6.45, 7) is 2.80. The third-order valence-corrected chi connectivity index (χ3v) is 2.33. The monoisotopic (exact) mass is 228 g/mol. The molecule has 0 atom stereocenters. The molecule has 0 heterocycles. The molecule has 0 radical (unpaired) electrons. The largest absolute Gasteiger partial charge is 0.380 e. The molecule has 1 heteroatoms. The van der Waals surface area contributed by atoms with Crippen molar-refractivity contribution in [2.75, 3.05) is 13.7 Å². The van der Waals surface area contributed by atoms with Crippen LogP contribution in [0.2, 0.25) is 0 Å². The molecule has 90 valence electrons. The Morgan fingerprint density at radius 3 is 2.47 bits per heavy atom. The summed E-state index contributed by atoms with van der Waals surface area (Å²) < 4.78 is 4.99. The summed E-state index contributed by atoms with van der Waals surface area (Å²) in [6.07, 6.45) is 11.5. The van der Waals surface area contributed by atoms with Gasteiger partial charge in [0.05, 0.1) is 6.61 Å². The molecule has 0 saturated heterocycles. The second-order valence-electron chi connectivity index (χ2n) is 3.89. The minimum atomic E-state index is 0.720. The van der Waals surface area contributed by atoms with Crippen LogP contribution in [0, 0.1) is 6.92 Å². The minimum Gasteiger partial charge on any atom is -0.380 e. The van der Waals surface area contributed by atoms with Crippen molar-refractivity contribution in [2.45, 2.75) is 13.3 Å². The Morgan fingerprint density at radius 1 is 1.12 bits per heavy atom. The van der Waals surface area contributed by atoms with Crippen molar-refractivity contribution in [1.82, 2.24) is 0 Å². The van der Waals surface area contributed by atoms with E-state index in [9.17, 15) is 0 Å². The van der Waals surface area contributed by atoms with Gasteiger partial charge < -0.3 is 4.74 Å². The summed E-state index contributed by atoms with van der Waals surface area (Å²) in [5.74, 6) is 0. The van der Waals surface area contributed by atoms with Gasteiger partial charge in [0.2, 0.25) is 0 Å². The van der Waals surface area contributed by atoms with Gasteiger partial charge in [0.1, 0.15) is 0 Å². The molecule has 1 nitrogen and oxygen atoms in total. The van der Waals surface area contributed by atoms with Crippen LogP contribution in [0.4, 0.5) is 0 Å². The van der Waals surface area contributed by atoms with Crippen LogP contribution in [-0.2, 0) is 4.74 Å². The summed E-state index contributed by atoms with van der Waals surface area (Å²) >= 11 is 0. The van der Waals surface area contributed by atoms with E-state index in [1.807, 2.05) is 24.3 Å². The standard InChI is InChI=1S/C9H12O.C7H8/c1-10-8-9-6-4-2-3-5-7-9;1-7-5-3-2-4-6-7/h2-4,6-7H,5,8H2,1H3;2-6H,1H3. The normalized spacial score (nSPS) is 13.4. The Bertz CT molecular complexity index is 385. The molecule has 1 aliphatic carbocycles. The lowest BCUT2D eigenvalue weighted by atomic mass is 10.2. The molecule has 0 fully saturated rings. The highest BCUT2D eigenvalue weighted by Gasteiger charge is 1.90. The second-order valence-corrected chi connectivity index (χ2v) is 3.89. The quantitative estimate of drug-likeness (QED) is 0.741. The number of benzene rings is 1. The van der Waals surface area contributed by atoms with E-state index >= 15 is 0 Å². The van der Waals surface area contributed by atoms with Crippen LogP contribution < -0.4 is 0 Å². The zero-order valence-electron chi connectivity index (χ0n) is 10.6. The maximum Gasteiger partial charge on any atom is 0.0710 e. The van der Waals surface area contributed by atoms with Crippen LogP contribution >= 0.6 is 0 Å². The maximum atomic E-state index is 4.99. The van der Waals surface area contributed by atoms with Crippen molar-refractivity contribution in [2.24, 2.45) is 0 Å². The molecular weight excluding hydrogens is 208 g/mol. The minimum absolute atomic E-state index is 0.720. The van der Waals surface area contributed by atoms with Crippen molar-refractivity contribution in [1.29, 1.82) is 0 Å². The highest BCUT2D eigenvalue weighted by atomic mass is 16.5. The Labute approximate surface area is 104 Å².